The lowest BCUT2D eigenvalue weighted by atomic mass is 9.76. The van der Waals surface area contributed by atoms with Crippen LogP contribution in [0.4, 0.5) is 48.3 Å². The normalized spacial score (nSPS) is 32.1. The highest BCUT2D eigenvalue weighted by molar-refractivity contribution is 5.25. The Bertz CT molecular complexity index is 383. The summed E-state index contributed by atoms with van der Waals surface area (Å²) in [5, 5.41) is 0. The van der Waals surface area contributed by atoms with Crippen molar-refractivity contribution in [3.8, 4) is 0 Å². The molecule has 12 heteroatoms. The van der Waals surface area contributed by atoms with Crippen LogP contribution in [0.2, 0.25) is 0 Å². The van der Waals surface area contributed by atoms with E-state index in [9.17, 15) is 48.3 Å². The van der Waals surface area contributed by atoms with Crippen LogP contribution in [-0.2, 0) is 0 Å². The van der Waals surface area contributed by atoms with Crippen LogP contribution in [-0.4, -0.2) is 54.4 Å². The third-order valence-corrected chi connectivity index (χ3v) is 3.03. The predicted octanol–water partition coefficient (Wildman–Crippen LogP) is 3.40. The molecule has 0 radical (unpaired) electrons. The lowest BCUT2D eigenvalue weighted by molar-refractivity contribution is -0.502. The smallest absolute Gasteiger partial charge is 0.267 e. The Hall–Kier alpha value is -0.810. The molecular weight excluding hydrogens is 319 g/mol. The molecule has 1 aliphatic rings. The van der Waals surface area contributed by atoms with Gasteiger partial charge in [0.1, 0.15) is 0 Å². The molecule has 1 saturated carbocycles. The molecule has 0 aromatic rings. The lowest BCUT2D eigenvalue weighted by Crippen LogP contribution is -2.86. The van der Waals surface area contributed by atoms with Gasteiger partial charge in [0.25, 0.3) is 0 Å². The molecule has 0 heterocycles. The Morgan fingerprint density at radius 1 is 0.450 bits per heavy atom. The molecule has 120 valence electrons. The first-order valence-electron chi connectivity index (χ1n) is 4.70. The van der Waals surface area contributed by atoms with Crippen molar-refractivity contribution in [1.82, 2.24) is 4.90 Å². The fraction of sp³-hybridized carbons (Fsp3) is 1.00. The molecule has 0 saturated heterocycles. The van der Waals surface area contributed by atoms with Gasteiger partial charge in [-0.2, -0.15) is 43.9 Å². The minimum absolute atomic E-state index is 0.0114. The Balaban J connectivity index is 3.83. The minimum atomic E-state index is -7.15. The van der Waals surface area contributed by atoms with Crippen molar-refractivity contribution < 1.29 is 48.3 Å². The monoisotopic (exact) mass is 325 g/mol. The molecule has 0 atom stereocenters. The highest BCUT2D eigenvalue weighted by atomic mass is 19.4. The van der Waals surface area contributed by atoms with Crippen molar-refractivity contribution in [3.63, 3.8) is 0 Å². The quantitative estimate of drug-likeness (QED) is 0.528. The van der Waals surface area contributed by atoms with Gasteiger partial charge in [0, 0.05) is 0 Å². The summed E-state index contributed by atoms with van der Waals surface area (Å²) < 4.78 is 143. The SMILES string of the molecule is CN(C)C1(F)C(F)(F)C(F)(F)C(F)(F)C(F)(F)C1(F)F. The van der Waals surface area contributed by atoms with Crippen LogP contribution in [0.5, 0.6) is 0 Å². The van der Waals surface area contributed by atoms with Gasteiger partial charge in [-0.15, -0.1) is 0 Å². The molecule has 0 amide bonds. The fourth-order valence-electron chi connectivity index (χ4n) is 1.77. The molecule has 20 heavy (non-hydrogen) atoms. The molecular formula is C8H6F11N. The van der Waals surface area contributed by atoms with E-state index in [0.29, 0.717) is 0 Å². The van der Waals surface area contributed by atoms with Gasteiger partial charge in [-0.05, 0) is 14.1 Å². The standard InChI is InChI=1S/C8H6F11N/c1-20(2)8(19)6(15,16)4(11,12)3(9,10)5(13,14)7(8,17)18/h1-2H3. The van der Waals surface area contributed by atoms with Gasteiger partial charge in [-0.1, -0.05) is 0 Å². The zero-order chi connectivity index (χ0) is 16.6. The van der Waals surface area contributed by atoms with Crippen LogP contribution in [0, 0.1) is 0 Å². The molecule has 0 N–H and O–H groups in total. The Morgan fingerprint density at radius 3 is 0.850 bits per heavy atom. The lowest BCUT2D eigenvalue weighted by Gasteiger charge is -2.54. The van der Waals surface area contributed by atoms with Gasteiger partial charge in [0.05, 0.1) is 0 Å². The topological polar surface area (TPSA) is 3.24 Å². The van der Waals surface area contributed by atoms with E-state index < -0.39 is 40.3 Å². The van der Waals surface area contributed by atoms with Crippen LogP contribution >= 0.6 is 0 Å². The molecule has 0 unspecified atom stereocenters. The van der Waals surface area contributed by atoms with Crippen LogP contribution in [0.3, 0.4) is 0 Å². The molecule has 0 bridgehead atoms. The maximum atomic E-state index is 13.7. The number of halogens is 11. The highest BCUT2D eigenvalue weighted by Crippen LogP contribution is 2.69. The second-order valence-electron chi connectivity index (χ2n) is 4.39. The summed E-state index contributed by atoms with van der Waals surface area (Å²) in [6, 6.07) is 0. The second kappa shape index (κ2) is 3.69. The van der Waals surface area contributed by atoms with E-state index in [1.165, 1.54) is 0 Å². The van der Waals surface area contributed by atoms with E-state index in [0.717, 1.165) is 0 Å². The summed E-state index contributed by atoms with van der Waals surface area (Å²) in [5.74, 6) is -40.8. The molecule has 0 aliphatic heterocycles. The third-order valence-electron chi connectivity index (χ3n) is 3.03. The van der Waals surface area contributed by atoms with E-state index in [2.05, 4.69) is 0 Å². The third kappa shape index (κ3) is 1.29. The first-order valence-corrected chi connectivity index (χ1v) is 4.70. The largest absolute Gasteiger partial charge is 0.384 e. The Kier molecular flexibility index (Phi) is 3.18. The van der Waals surface area contributed by atoms with Gasteiger partial charge in [-0.3, -0.25) is 4.90 Å². The zero-order valence-electron chi connectivity index (χ0n) is 9.60. The Labute approximate surface area is 104 Å². The van der Waals surface area contributed by atoms with Gasteiger partial charge in [-0.25, -0.2) is 4.39 Å². The van der Waals surface area contributed by atoms with Crippen molar-refractivity contribution in [2.75, 3.05) is 14.1 Å². The van der Waals surface area contributed by atoms with Crippen molar-refractivity contribution >= 4 is 0 Å². The number of hydrogen-bond acceptors (Lipinski definition) is 1. The molecule has 0 aromatic heterocycles. The van der Waals surface area contributed by atoms with Gasteiger partial charge >= 0.3 is 35.4 Å². The molecule has 1 aliphatic carbocycles. The van der Waals surface area contributed by atoms with E-state index in [1.54, 1.807) is 0 Å². The maximum Gasteiger partial charge on any atom is 0.384 e. The van der Waals surface area contributed by atoms with Crippen LogP contribution < -0.4 is 0 Å². The summed E-state index contributed by atoms with van der Waals surface area (Å²) in [4.78, 5) is -0.982. The summed E-state index contributed by atoms with van der Waals surface area (Å²) in [6.07, 6.45) is 0. The molecule has 1 rings (SSSR count). The first-order chi connectivity index (χ1) is 8.44. The average molecular weight is 325 g/mol. The summed E-state index contributed by atoms with van der Waals surface area (Å²) in [7, 11) is 0.0227. The van der Waals surface area contributed by atoms with Crippen LogP contribution in [0.25, 0.3) is 0 Å². The van der Waals surface area contributed by atoms with Crippen molar-refractivity contribution in [1.29, 1.82) is 0 Å². The summed E-state index contributed by atoms with van der Waals surface area (Å²) in [5.41, 5.74) is 0. The van der Waals surface area contributed by atoms with E-state index in [4.69, 9.17) is 0 Å². The number of alkyl halides is 11. The van der Waals surface area contributed by atoms with E-state index in [1.807, 2.05) is 0 Å². The fourth-order valence-corrected chi connectivity index (χ4v) is 1.77. The number of hydrogen-bond donors (Lipinski definition) is 0. The van der Waals surface area contributed by atoms with Crippen LogP contribution in [0.1, 0.15) is 0 Å². The van der Waals surface area contributed by atoms with Crippen LogP contribution in [0.15, 0.2) is 0 Å². The second-order valence-corrected chi connectivity index (χ2v) is 4.39. The molecule has 1 nitrogen and oxygen atoms in total. The highest BCUT2D eigenvalue weighted by Gasteiger charge is 3.01. The van der Waals surface area contributed by atoms with E-state index >= 15 is 0 Å². The van der Waals surface area contributed by atoms with E-state index in [-0.39, 0.29) is 14.1 Å². The van der Waals surface area contributed by atoms with Crippen molar-refractivity contribution in [2.24, 2.45) is 0 Å². The summed E-state index contributed by atoms with van der Waals surface area (Å²) >= 11 is 0. The van der Waals surface area contributed by atoms with Gasteiger partial charge in [0.15, 0.2) is 0 Å². The zero-order valence-corrected chi connectivity index (χ0v) is 9.60. The molecule has 0 aromatic carbocycles. The minimum Gasteiger partial charge on any atom is -0.267 e. The Morgan fingerprint density at radius 2 is 0.650 bits per heavy atom. The average Bonchev–Trinajstić information content (AvgIpc) is 2.24. The number of rotatable bonds is 1. The first kappa shape index (κ1) is 17.2. The number of nitrogens with zero attached hydrogens (tertiary/aromatic N) is 1. The molecule has 0 spiro atoms. The van der Waals surface area contributed by atoms with Gasteiger partial charge < -0.3 is 0 Å². The summed E-state index contributed by atoms with van der Waals surface area (Å²) in [6.45, 7) is 0. The van der Waals surface area contributed by atoms with Gasteiger partial charge in [0.2, 0.25) is 0 Å². The predicted molar refractivity (Wildman–Crippen MR) is 42.3 cm³/mol. The van der Waals surface area contributed by atoms with Crippen molar-refractivity contribution in [3.05, 3.63) is 0 Å². The molecule has 1 fully saturated rings. The van der Waals surface area contributed by atoms with Crippen molar-refractivity contribution in [2.45, 2.75) is 35.4 Å². The maximum absolute atomic E-state index is 13.7.